The van der Waals surface area contributed by atoms with Crippen molar-refractivity contribution in [2.45, 2.75) is 71.6 Å². The Morgan fingerprint density at radius 3 is 1.22 bits per heavy atom. The number of benzene rings is 6. The Labute approximate surface area is 303 Å². The van der Waals surface area contributed by atoms with E-state index in [1.807, 2.05) is 24.3 Å². The highest BCUT2D eigenvalue weighted by Crippen LogP contribution is 2.57. The number of nitrogens with two attached hydrogens (primary N) is 2. The van der Waals surface area contributed by atoms with E-state index in [4.69, 9.17) is 20.9 Å². The first kappa shape index (κ1) is 34.0. The van der Waals surface area contributed by atoms with Gasteiger partial charge in [0.15, 0.2) is 0 Å². The van der Waals surface area contributed by atoms with Crippen molar-refractivity contribution in [3.8, 4) is 34.1 Å². The minimum atomic E-state index is -0.558. The first-order chi connectivity index (χ1) is 24.2. The molecule has 0 heterocycles. The number of hydrogen-bond acceptors (Lipinski definition) is 4. The molecule has 258 valence electrons. The maximum Gasteiger partial charge on any atom is 0.130 e. The zero-order chi connectivity index (χ0) is 36.3. The second-order valence-corrected chi connectivity index (χ2v) is 16.0. The number of ether oxygens (including phenoxy) is 2. The van der Waals surface area contributed by atoms with Gasteiger partial charge in [-0.05, 0) is 105 Å². The second kappa shape index (κ2) is 12.4. The predicted octanol–water partition coefficient (Wildman–Crippen LogP) is 12.0. The normalized spacial score (nSPS) is 13.4. The van der Waals surface area contributed by atoms with Gasteiger partial charge in [-0.3, -0.25) is 0 Å². The maximum atomic E-state index is 6.48. The maximum absolute atomic E-state index is 6.48. The van der Waals surface area contributed by atoms with Crippen LogP contribution in [0.3, 0.4) is 0 Å². The largest absolute Gasteiger partial charge is 0.457 e. The molecule has 0 saturated heterocycles. The van der Waals surface area contributed by atoms with Crippen molar-refractivity contribution in [2.75, 3.05) is 11.5 Å². The third kappa shape index (κ3) is 5.93. The number of fused-ring (bicyclic) bond motifs is 3. The van der Waals surface area contributed by atoms with E-state index in [0.717, 1.165) is 56.6 Å². The fourth-order valence-corrected chi connectivity index (χ4v) is 7.85. The van der Waals surface area contributed by atoms with Gasteiger partial charge in [-0.2, -0.15) is 0 Å². The Morgan fingerprint density at radius 1 is 0.471 bits per heavy atom. The van der Waals surface area contributed by atoms with Gasteiger partial charge in [-0.25, -0.2) is 0 Å². The van der Waals surface area contributed by atoms with Crippen LogP contribution in [0.4, 0.5) is 11.4 Å². The Balaban J connectivity index is 1.32. The van der Waals surface area contributed by atoms with Gasteiger partial charge in [0, 0.05) is 23.5 Å². The molecule has 4 N–H and O–H groups in total. The molecule has 0 saturated carbocycles. The molecule has 4 heteroatoms. The van der Waals surface area contributed by atoms with E-state index in [1.165, 1.54) is 33.4 Å². The van der Waals surface area contributed by atoms with E-state index in [1.54, 1.807) is 0 Å². The summed E-state index contributed by atoms with van der Waals surface area (Å²) in [5, 5.41) is 0. The van der Waals surface area contributed by atoms with E-state index < -0.39 is 5.41 Å². The number of rotatable bonds is 6. The van der Waals surface area contributed by atoms with Gasteiger partial charge in [0.1, 0.15) is 23.0 Å². The standard InChI is InChI=1S/C47H48N2O2/c1-29-25-31(17-23-43(29)50-33-19-21-39(41(48)27-33)45(3,4)5)47(37-15-11-9-13-35(37)36-14-10-12-16-38(36)47)32-18-24-44(30(2)26-32)51-34-20-22-40(42(49)28-34)46(6,7)8/h9-28H,48-49H2,1-8H3. The van der Waals surface area contributed by atoms with Crippen molar-refractivity contribution in [1.29, 1.82) is 0 Å². The van der Waals surface area contributed by atoms with Crippen molar-refractivity contribution in [2.24, 2.45) is 0 Å². The van der Waals surface area contributed by atoms with Crippen LogP contribution in [0.5, 0.6) is 23.0 Å². The van der Waals surface area contributed by atoms with Crippen LogP contribution < -0.4 is 20.9 Å². The summed E-state index contributed by atoms with van der Waals surface area (Å²) in [6, 6.07) is 42.8. The molecule has 0 aromatic heterocycles. The van der Waals surface area contributed by atoms with E-state index >= 15 is 0 Å². The molecule has 7 rings (SSSR count). The van der Waals surface area contributed by atoms with Gasteiger partial charge < -0.3 is 20.9 Å². The molecule has 0 aliphatic heterocycles. The highest BCUT2D eigenvalue weighted by molar-refractivity contribution is 5.86. The van der Waals surface area contributed by atoms with E-state index in [-0.39, 0.29) is 10.8 Å². The number of hydrogen-bond donors (Lipinski definition) is 2. The molecule has 0 atom stereocenters. The Hall–Kier alpha value is -5.48. The van der Waals surface area contributed by atoms with Gasteiger partial charge in [-0.15, -0.1) is 0 Å². The minimum absolute atomic E-state index is 0.0449. The van der Waals surface area contributed by atoms with Crippen LogP contribution in [0.1, 0.15) is 86.1 Å². The minimum Gasteiger partial charge on any atom is -0.457 e. The molecule has 6 aromatic carbocycles. The number of aryl methyl sites for hydroxylation is 2. The smallest absolute Gasteiger partial charge is 0.130 e. The van der Waals surface area contributed by atoms with Crippen molar-refractivity contribution >= 4 is 11.4 Å². The molecule has 6 aromatic rings. The van der Waals surface area contributed by atoms with Crippen LogP contribution in [0.2, 0.25) is 0 Å². The average molecular weight is 673 g/mol. The summed E-state index contributed by atoms with van der Waals surface area (Å²) in [5.41, 5.74) is 25.4. The second-order valence-electron chi connectivity index (χ2n) is 16.0. The van der Waals surface area contributed by atoms with Gasteiger partial charge in [0.2, 0.25) is 0 Å². The highest BCUT2D eigenvalue weighted by atomic mass is 16.5. The van der Waals surface area contributed by atoms with E-state index in [2.05, 4.69) is 152 Å². The Bertz CT molecular complexity index is 2120. The van der Waals surface area contributed by atoms with E-state index in [0.29, 0.717) is 0 Å². The lowest BCUT2D eigenvalue weighted by atomic mass is 9.67. The fraction of sp³-hybridized carbons (Fsp3) is 0.234. The molecule has 0 radical (unpaired) electrons. The SMILES string of the molecule is Cc1cc(C2(c3ccc(Oc4ccc(C(C)(C)C)c(N)c4)c(C)c3)c3ccccc3-c3ccccc32)ccc1Oc1ccc(C(C)(C)C)c(N)c1. The van der Waals surface area contributed by atoms with Crippen LogP contribution in [-0.2, 0) is 16.2 Å². The van der Waals surface area contributed by atoms with Gasteiger partial charge in [-0.1, -0.05) is 126 Å². The molecular formula is C47H48N2O2. The van der Waals surface area contributed by atoms with Crippen LogP contribution in [0.15, 0.2) is 121 Å². The summed E-state index contributed by atoms with van der Waals surface area (Å²) >= 11 is 0. The molecule has 4 nitrogen and oxygen atoms in total. The van der Waals surface area contributed by atoms with Crippen LogP contribution >= 0.6 is 0 Å². The molecule has 0 fully saturated rings. The zero-order valence-corrected chi connectivity index (χ0v) is 31.0. The van der Waals surface area contributed by atoms with Crippen LogP contribution in [0, 0.1) is 13.8 Å². The van der Waals surface area contributed by atoms with Gasteiger partial charge in [0.25, 0.3) is 0 Å². The van der Waals surface area contributed by atoms with Crippen molar-refractivity contribution in [3.63, 3.8) is 0 Å². The topological polar surface area (TPSA) is 70.5 Å². The summed E-state index contributed by atoms with van der Waals surface area (Å²) in [5.74, 6) is 3.05. The molecule has 0 amide bonds. The monoisotopic (exact) mass is 672 g/mol. The molecule has 1 aliphatic rings. The Kier molecular flexibility index (Phi) is 8.25. The molecule has 1 aliphatic carbocycles. The van der Waals surface area contributed by atoms with Crippen molar-refractivity contribution in [3.05, 3.63) is 166 Å². The lowest BCUT2D eigenvalue weighted by molar-refractivity contribution is 0.477. The van der Waals surface area contributed by atoms with Crippen molar-refractivity contribution in [1.82, 2.24) is 0 Å². The molecule has 0 spiro atoms. The Morgan fingerprint density at radius 2 is 0.863 bits per heavy atom. The number of anilines is 2. The number of nitrogen functional groups attached to an aromatic ring is 2. The molecule has 0 unspecified atom stereocenters. The lowest BCUT2D eigenvalue weighted by Gasteiger charge is -2.34. The van der Waals surface area contributed by atoms with Crippen molar-refractivity contribution < 1.29 is 9.47 Å². The fourth-order valence-electron chi connectivity index (χ4n) is 7.85. The lowest BCUT2D eigenvalue weighted by Crippen LogP contribution is -2.28. The highest BCUT2D eigenvalue weighted by Gasteiger charge is 2.46. The third-order valence-electron chi connectivity index (χ3n) is 10.3. The summed E-state index contributed by atoms with van der Waals surface area (Å²) in [6.45, 7) is 17.2. The van der Waals surface area contributed by atoms with Gasteiger partial charge >= 0.3 is 0 Å². The third-order valence-corrected chi connectivity index (χ3v) is 10.3. The first-order valence-corrected chi connectivity index (χ1v) is 17.8. The molecule has 51 heavy (non-hydrogen) atoms. The summed E-state index contributed by atoms with van der Waals surface area (Å²) in [7, 11) is 0. The summed E-state index contributed by atoms with van der Waals surface area (Å²) < 4.78 is 12.9. The first-order valence-electron chi connectivity index (χ1n) is 17.8. The summed E-state index contributed by atoms with van der Waals surface area (Å²) in [6.07, 6.45) is 0. The average Bonchev–Trinajstić information content (AvgIpc) is 3.37. The quantitative estimate of drug-likeness (QED) is 0.173. The molecule has 0 bridgehead atoms. The van der Waals surface area contributed by atoms with Gasteiger partial charge in [0.05, 0.1) is 5.41 Å². The van der Waals surface area contributed by atoms with Crippen LogP contribution in [-0.4, -0.2) is 0 Å². The summed E-state index contributed by atoms with van der Waals surface area (Å²) in [4.78, 5) is 0. The van der Waals surface area contributed by atoms with E-state index in [9.17, 15) is 0 Å². The molecular weight excluding hydrogens is 625 g/mol. The predicted molar refractivity (Wildman–Crippen MR) is 212 cm³/mol. The zero-order valence-electron chi connectivity index (χ0n) is 31.0. The van der Waals surface area contributed by atoms with Crippen LogP contribution in [0.25, 0.3) is 11.1 Å².